The van der Waals surface area contributed by atoms with Gasteiger partial charge in [-0.25, -0.2) is 0 Å². The summed E-state index contributed by atoms with van der Waals surface area (Å²) in [5.41, 5.74) is 0.166. The van der Waals surface area contributed by atoms with Crippen LogP contribution in [0.25, 0.3) is 0 Å². The fourth-order valence-corrected chi connectivity index (χ4v) is 1.35. The third-order valence-corrected chi connectivity index (χ3v) is 2.18. The molecule has 0 heterocycles. The van der Waals surface area contributed by atoms with Gasteiger partial charge >= 0.3 is 0 Å². The SMILES string of the molecule is CC(C)CC(OCCC#N)C(C)(C)C. The zero-order valence-electron chi connectivity index (χ0n) is 10.1. The molecule has 0 aliphatic heterocycles. The third kappa shape index (κ3) is 5.99. The first-order valence-corrected chi connectivity index (χ1v) is 5.36. The zero-order valence-corrected chi connectivity index (χ0v) is 10.1. The summed E-state index contributed by atoms with van der Waals surface area (Å²) in [5.74, 6) is 0.640. The van der Waals surface area contributed by atoms with Crippen molar-refractivity contribution in [3.8, 4) is 6.07 Å². The van der Waals surface area contributed by atoms with Crippen LogP contribution in [0.3, 0.4) is 0 Å². The third-order valence-electron chi connectivity index (χ3n) is 2.18. The van der Waals surface area contributed by atoms with E-state index in [-0.39, 0.29) is 11.5 Å². The molecule has 82 valence electrons. The molecule has 0 amide bonds. The Hall–Kier alpha value is -0.550. The van der Waals surface area contributed by atoms with Crippen LogP contribution in [0.5, 0.6) is 0 Å². The smallest absolute Gasteiger partial charge is 0.0645 e. The lowest BCUT2D eigenvalue weighted by Crippen LogP contribution is -2.31. The summed E-state index contributed by atoms with van der Waals surface area (Å²) in [7, 11) is 0. The summed E-state index contributed by atoms with van der Waals surface area (Å²) in [5, 5.41) is 8.43. The summed E-state index contributed by atoms with van der Waals surface area (Å²) < 4.78 is 5.74. The minimum Gasteiger partial charge on any atom is -0.377 e. The number of ether oxygens (including phenoxy) is 1. The topological polar surface area (TPSA) is 33.0 Å². The number of nitriles is 1. The van der Waals surface area contributed by atoms with Crippen molar-refractivity contribution in [3.63, 3.8) is 0 Å². The summed E-state index contributed by atoms with van der Waals surface area (Å²) in [6.45, 7) is 11.5. The molecule has 14 heavy (non-hydrogen) atoms. The minimum absolute atomic E-state index is 0.166. The molecule has 0 spiro atoms. The van der Waals surface area contributed by atoms with Crippen LogP contribution in [0.15, 0.2) is 0 Å². The van der Waals surface area contributed by atoms with E-state index in [2.05, 4.69) is 40.7 Å². The van der Waals surface area contributed by atoms with Crippen molar-refractivity contribution in [2.75, 3.05) is 6.61 Å². The Labute approximate surface area is 88.3 Å². The lowest BCUT2D eigenvalue weighted by atomic mass is 9.84. The summed E-state index contributed by atoms with van der Waals surface area (Å²) >= 11 is 0. The van der Waals surface area contributed by atoms with E-state index in [0.717, 1.165) is 6.42 Å². The summed E-state index contributed by atoms with van der Waals surface area (Å²) in [6.07, 6.45) is 1.82. The van der Waals surface area contributed by atoms with Crippen LogP contribution in [0.1, 0.15) is 47.5 Å². The lowest BCUT2D eigenvalue weighted by molar-refractivity contribution is -0.0272. The molecule has 0 saturated heterocycles. The number of hydrogen-bond acceptors (Lipinski definition) is 2. The minimum atomic E-state index is 0.166. The summed E-state index contributed by atoms with van der Waals surface area (Å²) in [4.78, 5) is 0. The maximum absolute atomic E-state index is 8.43. The van der Waals surface area contributed by atoms with Crippen molar-refractivity contribution in [2.24, 2.45) is 11.3 Å². The highest BCUT2D eigenvalue weighted by Crippen LogP contribution is 2.27. The van der Waals surface area contributed by atoms with Crippen LogP contribution in [-0.2, 0) is 4.74 Å². The van der Waals surface area contributed by atoms with Crippen molar-refractivity contribution >= 4 is 0 Å². The van der Waals surface area contributed by atoms with Gasteiger partial charge in [0.05, 0.1) is 25.2 Å². The first-order valence-electron chi connectivity index (χ1n) is 5.36. The molecule has 0 fully saturated rings. The molecule has 1 unspecified atom stereocenters. The first kappa shape index (κ1) is 13.4. The molecule has 0 saturated carbocycles. The summed E-state index contributed by atoms with van der Waals surface area (Å²) in [6, 6.07) is 2.10. The second-order valence-corrected chi connectivity index (χ2v) is 5.26. The van der Waals surface area contributed by atoms with Crippen molar-refractivity contribution in [3.05, 3.63) is 0 Å². The Morgan fingerprint density at radius 3 is 2.21 bits per heavy atom. The largest absolute Gasteiger partial charge is 0.377 e. The van der Waals surface area contributed by atoms with Crippen LogP contribution in [-0.4, -0.2) is 12.7 Å². The monoisotopic (exact) mass is 197 g/mol. The Morgan fingerprint density at radius 2 is 1.86 bits per heavy atom. The average molecular weight is 197 g/mol. The van der Waals surface area contributed by atoms with Crippen LogP contribution in [0.4, 0.5) is 0 Å². The highest BCUT2D eigenvalue weighted by Gasteiger charge is 2.25. The number of rotatable bonds is 5. The molecule has 0 aliphatic carbocycles. The molecule has 1 atom stereocenters. The molecule has 0 aromatic rings. The molecular formula is C12H23NO. The van der Waals surface area contributed by atoms with Crippen LogP contribution >= 0.6 is 0 Å². The highest BCUT2D eigenvalue weighted by atomic mass is 16.5. The van der Waals surface area contributed by atoms with Gasteiger partial charge in [0.2, 0.25) is 0 Å². The average Bonchev–Trinajstić information content (AvgIpc) is 2.00. The molecule has 0 rings (SSSR count). The van der Waals surface area contributed by atoms with E-state index in [1.54, 1.807) is 0 Å². The maximum atomic E-state index is 8.43. The molecule has 0 aromatic heterocycles. The van der Waals surface area contributed by atoms with E-state index >= 15 is 0 Å². The second-order valence-electron chi connectivity index (χ2n) is 5.26. The van der Waals surface area contributed by atoms with Crippen LogP contribution < -0.4 is 0 Å². The predicted molar refractivity (Wildman–Crippen MR) is 58.9 cm³/mol. The van der Waals surface area contributed by atoms with E-state index in [4.69, 9.17) is 10.00 Å². The van der Waals surface area contributed by atoms with Crippen molar-refractivity contribution < 1.29 is 4.74 Å². The van der Waals surface area contributed by atoms with Crippen molar-refractivity contribution in [1.29, 1.82) is 5.26 Å². The molecule has 2 nitrogen and oxygen atoms in total. The second kappa shape index (κ2) is 6.03. The van der Waals surface area contributed by atoms with Crippen LogP contribution in [0, 0.1) is 22.7 Å². The molecule has 0 bridgehead atoms. The predicted octanol–water partition coefficient (Wildman–Crippen LogP) is 3.38. The molecule has 0 radical (unpaired) electrons. The zero-order chi connectivity index (χ0) is 11.2. The van der Waals surface area contributed by atoms with E-state index in [1.807, 2.05) is 0 Å². The van der Waals surface area contributed by atoms with E-state index in [0.29, 0.717) is 18.9 Å². The van der Waals surface area contributed by atoms with Gasteiger partial charge in [0.15, 0.2) is 0 Å². The Morgan fingerprint density at radius 1 is 1.29 bits per heavy atom. The fourth-order valence-electron chi connectivity index (χ4n) is 1.35. The normalized spacial score (nSPS) is 14.1. The van der Waals surface area contributed by atoms with Crippen molar-refractivity contribution in [2.45, 2.75) is 53.6 Å². The fraction of sp³-hybridized carbons (Fsp3) is 0.917. The van der Waals surface area contributed by atoms with Gasteiger partial charge in [0.1, 0.15) is 0 Å². The van der Waals surface area contributed by atoms with Gasteiger partial charge in [-0.3, -0.25) is 0 Å². The Kier molecular flexibility index (Phi) is 5.79. The van der Waals surface area contributed by atoms with Gasteiger partial charge in [0, 0.05) is 0 Å². The van der Waals surface area contributed by atoms with E-state index in [1.165, 1.54) is 0 Å². The number of nitrogens with zero attached hydrogens (tertiary/aromatic N) is 1. The molecule has 0 aromatic carbocycles. The standard InChI is InChI=1S/C12H23NO/c1-10(2)9-11(12(3,4)5)14-8-6-7-13/h10-11H,6,8-9H2,1-5H3. The lowest BCUT2D eigenvalue weighted by Gasteiger charge is -2.31. The van der Waals surface area contributed by atoms with Crippen molar-refractivity contribution in [1.82, 2.24) is 0 Å². The maximum Gasteiger partial charge on any atom is 0.0645 e. The molecule has 0 N–H and O–H groups in total. The Balaban J connectivity index is 4.07. The van der Waals surface area contributed by atoms with Gasteiger partial charge in [-0.05, 0) is 17.8 Å². The molecular weight excluding hydrogens is 174 g/mol. The number of hydrogen-bond donors (Lipinski definition) is 0. The van der Waals surface area contributed by atoms with Gasteiger partial charge in [-0.1, -0.05) is 34.6 Å². The van der Waals surface area contributed by atoms with Gasteiger partial charge < -0.3 is 4.74 Å². The quantitative estimate of drug-likeness (QED) is 0.633. The first-order chi connectivity index (χ1) is 6.38. The Bertz CT molecular complexity index is 185. The molecule has 2 heteroatoms. The van der Waals surface area contributed by atoms with E-state index in [9.17, 15) is 0 Å². The van der Waals surface area contributed by atoms with Crippen LogP contribution in [0.2, 0.25) is 0 Å². The van der Waals surface area contributed by atoms with Gasteiger partial charge in [-0.15, -0.1) is 0 Å². The van der Waals surface area contributed by atoms with E-state index < -0.39 is 0 Å². The molecule has 0 aliphatic rings. The highest BCUT2D eigenvalue weighted by molar-refractivity contribution is 4.77. The van der Waals surface area contributed by atoms with Gasteiger partial charge in [-0.2, -0.15) is 5.26 Å². The van der Waals surface area contributed by atoms with Gasteiger partial charge in [0.25, 0.3) is 0 Å².